The van der Waals surface area contributed by atoms with Gasteiger partial charge >= 0.3 is 0 Å². The van der Waals surface area contributed by atoms with Gasteiger partial charge in [0.1, 0.15) is 5.78 Å². The lowest BCUT2D eigenvalue weighted by Gasteiger charge is -2.29. The molecule has 2 heteroatoms. The van der Waals surface area contributed by atoms with E-state index < -0.39 is 0 Å². The highest BCUT2D eigenvalue weighted by Gasteiger charge is 2.33. The number of nitrogens with zero attached hydrogens (tertiary/aromatic N) is 1. The molecular weight excluding hydrogens is 174 g/mol. The van der Waals surface area contributed by atoms with Gasteiger partial charge in [0.2, 0.25) is 0 Å². The lowest BCUT2D eigenvalue weighted by atomic mass is 9.72. The Balaban J connectivity index is 2.43. The van der Waals surface area contributed by atoms with E-state index in [0.717, 1.165) is 25.7 Å². The SMILES string of the molecule is CCCCCC1(C#N)CCC(=O)CC1. The van der Waals surface area contributed by atoms with Crippen LogP contribution in [0.2, 0.25) is 0 Å². The van der Waals surface area contributed by atoms with Crippen LogP contribution in [-0.4, -0.2) is 5.78 Å². The molecule has 0 aromatic rings. The zero-order chi connectivity index (χ0) is 10.4. The summed E-state index contributed by atoms with van der Waals surface area (Å²) in [6.45, 7) is 2.17. The van der Waals surface area contributed by atoms with Gasteiger partial charge in [0, 0.05) is 12.8 Å². The van der Waals surface area contributed by atoms with Gasteiger partial charge in [-0.25, -0.2) is 0 Å². The Morgan fingerprint density at radius 1 is 1.36 bits per heavy atom. The molecular formula is C12H19NO. The summed E-state index contributed by atoms with van der Waals surface area (Å²) in [6.07, 6.45) is 7.37. The molecule has 0 atom stereocenters. The second-order valence-electron chi connectivity index (χ2n) is 4.39. The van der Waals surface area contributed by atoms with E-state index in [9.17, 15) is 4.79 Å². The molecule has 1 saturated carbocycles. The first kappa shape index (κ1) is 11.2. The molecule has 0 N–H and O–H groups in total. The number of unbranched alkanes of at least 4 members (excludes halogenated alkanes) is 2. The van der Waals surface area contributed by atoms with Crippen molar-refractivity contribution in [2.45, 2.75) is 58.3 Å². The predicted octanol–water partition coefficient (Wildman–Crippen LogP) is 3.22. The molecule has 0 amide bonds. The number of nitriles is 1. The normalized spacial score (nSPS) is 20.4. The lowest BCUT2D eigenvalue weighted by molar-refractivity contribution is -0.121. The van der Waals surface area contributed by atoms with Crippen molar-refractivity contribution in [1.82, 2.24) is 0 Å². The molecule has 0 aliphatic heterocycles. The van der Waals surface area contributed by atoms with E-state index in [2.05, 4.69) is 13.0 Å². The van der Waals surface area contributed by atoms with Gasteiger partial charge in [-0.3, -0.25) is 4.79 Å². The summed E-state index contributed by atoms with van der Waals surface area (Å²) in [7, 11) is 0. The van der Waals surface area contributed by atoms with Crippen molar-refractivity contribution in [2.75, 3.05) is 0 Å². The number of rotatable bonds is 4. The van der Waals surface area contributed by atoms with E-state index in [0.29, 0.717) is 18.6 Å². The minimum Gasteiger partial charge on any atom is -0.300 e. The molecule has 1 fully saturated rings. The van der Waals surface area contributed by atoms with Crippen LogP contribution in [0, 0.1) is 16.7 Å². The summed E-state index contributed by atoms with van der Waals surface area (Å²) in [4.78, 5) is 11.1. The molecule has 0 bridgehead atoms. The molecule has 0 spiro atoms. The Labute approximate surface area is 86.3 Å². The van der Waals surface area contributed by atoms with E-state index >= 15 is 0 Å². The third-order valence-corrected chi connectivity index (χ3v) is 3.26. The maximum Gasteiger partial charge on any atom is 0.133 e. The zero-order valence-electron chi connectivity index (χ0n) is 9.01. The average molecular weight is 193 g/mol. The van der Waals surface area contributed by atoms with Crippen molar-refractivity contribution in [1.29, 1.82) is 5.26 Å². The van der Waals surface area contributed by atoms with Crippen LogP contribution in [-0.2, 0) is 4.79 Å². The van der Waals surface area contributed by atoms with Crippen molar-refractivity contribution in [3.05, 3.63) is 0 Å². The second-order valence-corrected chi connectivity index (χ2v) is 4.39. The summed E-state index contributed by atoms with van der Waals surface area (Å²) in [5.41, 5.74) is -0.164. The number of ketones is 1. The van der Waals surface area contributed by atoms with Crippen LogP contribution in [0.5, 0.6) is 0 Å². The Morgan fingerprint density at radius 3 is 2.50 bits per heavy atom. The molecule has 1 rings (SSSR count). The molecule has 0 radical (unpaired) electrons. The minimum atomic E-state index is -0.164. The van der Waals surface area contributed by atoms with Crippen LogP contribution in [0.3, 0.4) is 0 Å². The quantitative estimate of drug-likeness (QED) is 0.643. The van der Waals surface area contributed by atoms with Crippen LogP contribution in [0.1, 0.15) is 58.3 Å². The largest absolute Gasteiger partial charge is 0.300 e. The fraction of sp³-hybridized carbons (Fsp3) is 0.833. The van der Waals surface area contributed by atoms with Gasteiger partial charge in [-0.15, -0.1) is 0 Å². The van der Waals surface area contributed by atoms with E-state index in [4.69, 9.17) is 5.26 Å². The van der Waals surface area contributed by atoms with Crippen LogP contribution in [0.25, 0.3) is 0 Å². The fourth-order valence-electron chi connectivity index (χ4n) is 2.14. The van der Waals surface area contributed by atoms with Crippen LogP contribution in [0.4, 0.5) is 0 Å². The van der Waals surface area contributed by atoms with Gasteiger partial charge in [0.25, 0.3) is 0 Å². The summed E-state index contributed by atoms with van der Waals surface area (Å²) in [5, 5.41) is 9.17. The number of hydrogen-bond donors (Lipinski definition) is 0. The first-order valence-corrected chi connectivity index (χ1v) is 5.65. The Hall–Kier alpha value is -0.840. The van der Waals surface area contributed by atoms with Gasteiger partial charge in [0.05, 0.1) is 11.5 Å². The highest BCUT2D eigenvalue weighted by molar-refractivity contribution is 5.79. The van der Waals surface area contributed by atoms with Gasteiger partial charge in [0.15, 0.2) is 0 Å². The Morgan fingerprint density at radius 2 is 2.00 bits per heavy atom. The fourth-order valence-corrected chi connectivity index (χ4v) is 2.14. The van der Waals surface area contributed by atoms with Crippen molar-refractivity contribution in [3.63, 3.8) is 0 Å². The average Bonchev–Trinajstić information content (AvgIpc) is 2.22. The molecule has 78 valence electrons. The third kappa shape index (κ3) is 2.83. The summed E-state index contributed by atoms with van der Waals surface area (Å²) in [5.74, 6) is 0.339. The standard InChI is InChI=1S/C12H19NO/c1-2-3-4-7-12(10-13)8-5-11(14)6-9-12/h2-9H2,1H3. The molecule has 0 heterocycles. The third-order valence-electron chi connectivity index (χ3n) is 3.26. The maximum atomic E-state index is 11.1. The Kier molecular flexibility index (Phi) is 4.13. The molecule has 0 unspecified atom stereocenters. The van der Waals surface area contributed by atoms with Crippen molar-refractivity contribution in [2.24, 2.45) is 5.41 Å². The molecule has 1 aliphatic carbocycles. The van der Waals surface area contributed by atoms with Gasteiger partial charge < -0.3 is 0 Å². The first-order chi connectivity index (χ1) is 6.72. The maximum absolute atomic E-state index is 11.1. The highest BCUT2D eigenvalue weighted by atomic mass is 16.1. The summed E-state index contributed by atoms with van der Waals surface area (Å²) < 4.78 is 0. The van der Waals surface area contributed by atoms with Crippen LogP contribution < -0.4 is 0 Å². The molecule has 1 aliphatic rings. The Bertz CT molecular complexity index is 229. The lowest BCUT2D eigenvalue weighted by Crippen LogP contribution is -2.26. The summed E-state index contributed by atoms with van der Waals surface area (Å²) in [6, 6.07) is 2.44. The zero-order valence-corrected chi connectivity index (χ0v) is 9.01. The van der Waals surface area contributed by atoms with Gasteiger partial charge in [-0.2, -0.15) is 5.26 Å². The number of carbonyl (C=O) groups excluding carboxylic acids is 1. The van der Waals surface area contributed by atoms with Gasteiger partial charge in [-0.05, 0) is 19.3 Å². The number of hydrogen-bond acceptors (Lipinski definition) is 2. The van der Waals surface area contributed by atoms with Crippen molar-refractivity contribution >= 4 is 5.78 Å². The molecule has 0 saturated heterocycles. The van der Waals surface area contributed by atoms with Crippen molar-refractivity contribution in [3.8, 4) is 6.07 Å². The highest BCUT2D eigenvalue weighted by Crippen LogP contribution is 2.38. The molecule has 0 aromatic heterocycles. The van der Waals surface area contributed by atoms with E-state index in [1.165, 1.54) is 12.8 Å². The van der Waals surface area contributed by atoms with E-state index in [1.807, 2.05) is 0 Å². The second kappa shape index (κ2) is 5.14. The van der Waals surface area contributed by atoms with Crippen molar-refractivity contribution < 1.29 is 4.79 Å². The van der Waals surface area contributed by atoms with E-state index in [1.54, 1.807) is 0 Å². The number of carbonyl (C=O) groups is 1. The van der Waals surface area contributed by atoms with Gasteiger partial charge in [-0.1, -0.05) is 26.2 Å². The number of Topliss-reactive ketones (excluding diaryl/α,β-unsaturated/α-hetero) is 1. The van der Waals surface area contributed by atoms with E-state index in [-0.39, 0.29) is 5.41 Å². The van der Waals surface area contributed by atoms with Crippen LogP contribution in [0.15, 0.2) is 0 Å². The predicted molar refractivity (Wildman–Crippen MR) is 55.7 cm³/mol. The molecule has 2 nitrogen and oxygen atoms in total. The monoisotopic (exact) mass is 193 g/mol. The molecule has 14 heavy (non-hydrogen) atoms. The first-order valence-electron chi connectivity index (χ1n) is 5.65. The van der Waals surface area contributed by atoms with Crippen LogP contribution >= 0.6 is 0 Å². The molecule has 0 aromatic carbocycles. The minimum absolute atomic E-state index is 0.164. The summed E-state index contributed by atoms with van der Waals surface area (Å²) >= 11 is 0. The topological polar surface area (TPSA) is 40.9 Å². The smallest absolute Gasteiger partial charge is 0.133 e.